The number of likely N-dealkylation sites (tertiary alicyclic amines) is 1. The van der Waals surface area contributed by atoms with Crippen molar-refractivity contribution < 1.29 is 14.3 Å². The van der Waals surface area contributed by atoms with Crippen molar-refractivity contribution in [1.82, 2.24) is 15.2 Å². The maximum atomic E-state index is 12.7. The van der Waals surface area contributed by atoms with Crippen LogP contribution in [0.1, 0.15) is 34.5 Å². The molecule has 2 amide bonds. The lowest BCUT2D eigenvalue weighted by Crippen LogP contribution is -2.43. The summed E-state index contributed by atoms with van der Waals surface area (Å²) in [5, 5.41) is 4.32. The molecule has 3 aromatic rings. The molecule has 1 aromatic heterocycles. The number of hydrogen-bond donors (Lipinski definition) is 2. The summed E-state index contributed by atoms with van der Waals surface area (Å²) in [6.07, 6.45) is 2.19. The lowest BCUT2D eigenvalue weighted by Gasteiger charge is -2.31. The van der Waals surface area contributed by atoms with Crippen LogP contribution in [0.5, 0.6) is 5.75 Å². The average molecular weight is 420 g/mol. The number of ether oxygens (including phenoxy) is 1. The van der Waals surface area contributed by atoms with Crippen LogP contribution in [-0.2, 0) is 11.2 Å². The monoisotopic (exact) mass is 419 g/mol. The van der Waals surface area contributed by atoms with Gasteiger partial charge in [-0.2, -0.15) is 0 Å². The summed E-state index contributed by atoms with van der Waals surface area (Å²) in [5.74, 6) is 0.795. The largest absolute Gasteiger partial charge is 0.497 e. The van der Waals surface area contributed by atoms with E-state index in [0.29, 0.717) is 38.0 Å². The number of amides is 2. The van der Waals surface area contributed by atoms with Crippen LogP contribution in [0, 0.1) is 12.8 Å². The van der Waals surface area contributed by atoms with Crippen molar-refractivity contribution in [3.8, 4) is 5.75 Å². The van der Waals surface area contributed by atoms with Crippen LogP contribution in [0.3, 0.4) is 0 Å². The predicted octanol–water partition coefficient (Wildman–Crippen LogP) is 3.70. The molecule has 1 fully saturated rings. The molecule has 0 unspecified atom stereocenters. The van der Waals surface area contributed by atoms with Crippen molar-refractivity contribution in [1.29, 1.82) is 0 Å². The van der Waals surface area contributed by atoms with Crippen molar-refractivity contribution >= 4 is 22.7 Å². The third-order valence-corrected chi connectivity index (χ3v) is 6.19. The molecule has 31 heavy (non-hydrogen) atoms. The molecule has 1 saturated heterocycles. The Balaban J connectivity index is 1.26. The normalized spacial score (nSPS) is 14.6. The zero-order chi connectivity index (χ0) is 21.8. The Morgan fingerprint density at radius 1 is 1.10 bits per heavy atom. The van der Waals surface area contributed by atoms with Crippen LogP contribution < -0.4 is 10.1 Å². The zero-order valence-electron chi connectivity index (χ0n) is 18.1. The van der Waals surface area contributed by atoms with Crippen LogP contribution >= 0.6 is 0 Å². The van der Waals surface area contributed by atoms with E-state index in [1.165, 1.54) is 10.9 Å². The molecular weight excluding hydrogens is 390 g/mol. The Kier molecular flexibility index (Phi) is 6.26. The molecule has 6 nitrogen and oxygen atoms in total. The summed E-state index contributed by atoms with van der Waals surface area (Å²) >= 11 is 0. The van der Waals surface area contributed by atoms with Crippen LogP contribution in [0.15, 0.2) is 48.5 Å². The second-order valence-electron chi connectivity index (χ2n) is 8.11. The van der Waals surface area contributed by atoms with E-state index in [2.05, 4.69) is 29.4 Å². The van der Waals surface area contributed by atoms with Crippen LogP contribution in [-0.4, -0.2) is 48.4 Å². The summed E-state index contributed by atoms with van der Waals surface area (Å²) in [5.41, 5.74) is 4.20. The molecule has 2 heterocycles. The van der Waals surface area contributed by atoms with Gasteiger partial charge in [-0.05, 0) is 62.1 Å². The number of nitrogens with zero attached hydrogens (tertiary/aromatic N) is 1. The predicted molar refractivity (Wildman–Crippen MR) is 121 cm³/mol. The molecule has 0 aliphatic carbocycles. The summed E-state index contributed by atoms with van der Waals surface area (Å²) in [4.78, 5) is 30.6. The summed E-state index contributed by atoms with van der Waals surface area (Å²) in [6.45, 7) is 3.90. The molecule has 1 aliphatic rings. The Hall–Kier alpha value is -3.28. The van der Waals surface area contributed by atoms with Gasteiger partial charge in [-0.3, -0.25) is 9.59 Å². The number of methoxy groups -OCH3 is 1. The van der Waals surface area contributed by atoms with E-state index < -0.39 is 0 Å². The van der Waals surface area contributed by atoms with Gasteiger partial charge >= 0.3 is 0 Å². The lowest BCUT2D eigenvalue weighted by molar-refractivity contribution is -0.126. The zero-order valence-corrected chi connectivity index (χ0v) is 18.1. The summed E-state index contributed by atoms with van der Waals surface area (Å²) in [7, 11) is 1.61. The molecule has 6 heteroatoms. The number of fused-ring (bicyclic) bond motifs is 1. The summed E-state index contributed by atoms with van der Waals surface area (Å²) < 4.78 is 5.15. The van der Waals surface area contributed by atoms with Gasteiger partial charge in [0.05, 0.1) is 7.11 Å². The van der Waals surface area contributed by atoms with E-state index in [4.69, 9.17) is 4.74 Å². The van der Waals surface area contributed by atoms with Crippen LogP contribution in [0.2, 0.25) is 0 Å². The van der Waals surface area contributed by atoms with E-state index in [1.807, 2.05) is 17.0 Å². The van der Waals surface area contributed by atoms with E-state index in [1.54, 1.807) is 31.4 Å². The molecule has 0 bridgehead atoms. The quantitative estimate of drug-likeness (QED) is 0.640. The van der Waals surface area contributed by atoms with Gasteiger partial charge in [-0.15, -0.1) is 0 Å². The highest BCUT2D eigenvalue weighted by Crippen LogP contribution is 2.23. The summed E-state index contributed by atoms with van der Waals surface area (Å²) in [6, 6.07) is 15.4. The first-order valence-electron chi connectivity index (χ1n) is 10.8. The van der Waals surface area contributed by atoms with Crippen molar-refractivity contribution in [2.24, 2.45) is 5.92 Å². The molecule has 4 rings (SSSR count). The first kappa shape index (κ1) is 21.0. The number of hydrogen-bond acceptors (Lipinski definition) is 3. The topological polar surface area (TPSA) is 74.4 Å². The molecule has 2 aromatic carbocycles. The maximum absolute atomic E-state index is 12.7. The number of benzene rings is 2. The Morgan fingerprint density at radius 3 is 2.52 bits per heavy atom. The fourth-order valence-electron chi connectivity index (χ4n) is 4.37. The van der Waals surface area contributed by atoms with Crippen molar-refractivity contribution in [3.63, 3.8) is 0 Å². The Morgan fingerprint density at radius 2 is 1.81 bits per heavy atom. The molecule has 2 N–H and O–H groups in total. The van der Waals surface area contributed by atoms with E-state index in [9.17, 15) is 9.59 Å². The number of para-hydroxylation sites is 1. The first-order valence-corrected chi connectivity index (χ1v) is 10.8. The first-order chi connectivity index (χ1) is 15.1. The van der Waals surface area contributed by atoms with E-state index >= 15 is 0 Å². The minimum atomic E-state index is -0.0380. The third-order valence-electron chi connectivity index (χ3n) is 6.19. The number of nitrogens with one attached hydrogen (secondary N) is 2. The number of piperidine rings is 1. The van der Waals surface area contributed by atoms with Gasteiger partial charge in [0.1, 0.15) is 5.75 Å². The fraction of sp³-hybridized carbons (Fsp3) is 0.360. The van der Waals surface area contributed by atoms with Gasteiger partial charge in [-0.25, -0.2) is 0 Å². The maximum Gasteiger partial charge on any atom is 0.253 e. The van der Waals surface area contributed by atoms with Gasteiger partial charge in [-0.1, -0.05) is 18.2 Å². The van der Waals surface area contributed by atoms with E-state index in [0.717, 1.165) is 23.4 Å². The minimum Gasteiger partial charge on any atom is -0.497 e. The van der Waals surface area contributed by atoms with Gasteiger partial charge in [0.15, 0.2) is 0 Å². The minimum absolute atomic E-state index is 0.0105. The highest BCUT2D eigenvalue weighted by molar-refractivity contribution is 5.94. The molecule has 0 radical (unpaired) electrons. The third kappa shape index (κ3) is 4.58. The van der Waals surface area contributed by atoms with Gasteiger partial charge in [0, 0.05) is 47.7 Å². The smallest absolute Gasteiger partial charge is 0.253 e. The lowest BCUT2D eigenvalue weighted by atomic mass is 9.95. The number of H-pyrrole nitrogens is 1. The standard InChI is InChI=1S/C25H29N3O3/c1-17-21(22-5-3-4-6-23(22)27-17)11-14-26-24(29)18-12-15-28(16-13-18)25(30)19-7-9-20(31-2)10-8-19/h3-10,18,27H,11-16H2,1-2H3,(H,26,29). The van der Waals surface area contributed by atoms with Crippen molar-refractivity contribution in [3.05, 3.63) is 65.4 Å². The second-order valence-corrected chi connectivity index (χ2v) is 8.11. The SMILES string of the molecule is COc1ccc(C(=O)N2CCC(C(=O)NCCc3c(C)[nH]c4ccccc34)CC2)cc1. The number of carbonyl (C=O) groups excluding carboxylic acids is 2. The van der Waals surface area contributed by atoms with Gasteiger partial charge in [0.2, 0.25) is 5.91 Å². The van der Waals surface area contributed by atoms with Crippen molar-refractivity contribution in [2.45, 2.75) is 26.2 Å². The highest BCUT2D eigenvalue weighted by Gasteiger charge is 2.27. The number of rotatable bonds is 6. The molecule has 1 aliphatic heterocycles. The fourth-order valence-corrected chi connectivity index (χ4v) is 4.37. The van der Waals surface area contributed by atoms with Crippen LogP contribution in [0.25, 0.3) is 10.9 Å². The van der Waals surface area contributed by atoms with Crippen molar-refractivity contribution in [2.75, 3.05) is 26.7 Å². The van der Waals surface area contributed by atoms with E-state index in [-0.39, 0.29) is 17.7 Å². The molecule has 0 saturated carbocycles. The highest BCUT2D eigenvalue weighted by atomic mass is 16.5. The second kappa shape index (κ2) is 9.25. The Labute approximate surface area is 182 Å². The van der Waals surface area contributed by atoms with Crippen LogP contribution in [0.4, 0.5) is 0 Å². The number of aryl methyl sites for hydroxylation is 1. The molecular formula is C25H29N3O3. The molecule has 0 atom stereocenters. The number of carbonyl (C=O) groups is 2. The molecule has 162 valence electrons. The number of aromatic amines is 1. The van der Waals surface area contributed by atoms with Gasteiger partial charge < -0.3 is 19.9 Å². The number of aromatic nitrogens is 1. The Bertz CT molecular complexity index is 1060. The van der Waals surface area contributed by atoms with Gasteiger partial charge in [0.25, 0.3) is 5.91 Å². The molecule has 0 spiro atoms. The average Bonchev–Trinajstić information content (AvgIpc) is 3.13.